The molecule has 0 radical (unpaired) electrons. The molecule has 2 unspecified atom stereocenters. The fraction of sp³-hybridized carbons (Fsp3) is 0.652. The Balaban J connectivity index is 1.35. The van der Waals surface area contributed by atoms with Crippen molar-refractivity contribution in [1.82, 2.24) is 25.3 Å². The zero-order valence-electron chi connectivity index (χ0n) is 18.8. The first-order chi connectivity index (χ1) is 14.5. The maximum absolute atomic E-state index is 11.4. The molecule has 2 aliphatic heterocycles. The number of aliphatic imine (C=N–C) groups is 1. The van der Waals surface area contributed by atoms with Crippen molar-refractivity contribution in [3.8, 4) is 0 Å². The van der Waals surface area contributed by atoms with E-state index in [4.69, 9.17) is 0 Å². The SMILES string of the molecule is CN=C(NCCN1CCN(C(C)=O)CC1)NC1CCN(Cc2ccccc2)C(C)C1. The van der Waals surface area contributed by atoms with Gasteiger partial charge in [-0.25, -0.2) is 0 Å². The fourth-order valence-corrected chi connectivity index (χ4v) is 4.41. The molecular formula is C23H38N6O. The lowest BCUT2D eigenvalue weighted by molar-refractivity contribution is -0.130. The maximum Gasteiger partial charge on any atom is 0.219 e. The highest BCUT2D eigenvalue weighted by atomic mass is 16.2. The molecule has 2 atom stereocenters. The van der Waals surface area contributed by atoms with Crippen LogP contribution in [0.1, 0.15) is 32.3 Å². The van der Waals surface area contributed by atoms with Crippen molar-refractivity contribution < 1.29 is 4.79 Å². The van der Waals surface area contributed by atoms with Crippen LogP contribution in [0.4, 0.5) is 0 Å². The summed E-state index contributed by atoms with van der Waals surface area (Å²) in [6, 6.07) is 11.7. The lowest BCUT2D eigenvalue weighted by Gasteiger charge is -2.38. The summed E-state index contributed by atoms with van der Waals surface area (Å²) in [6.07, 6.45) is 2.26. The van der Waals surface area contributed by atoms with Gasteiger partial charge in [0, 0.05) is 78.4 Å². The van der Waals surface area contributed by atoms with Crippen LogP contribution in [-0.2, 0) is 11.3 Å². The average Bonchev–Trinajstić information content (AvgIpc) is 2.76. The van der Waals surface area contributed by atoms with E-state index in [1.807, 2.05) is 11.9 Å². The van der Waals surface area contributed by atoms with Crippen molar-refractivity contribution in [3.05, 3.63) is 35.9 Å². The number of carbonyl (C=O) groups excluding carboxylic acids is 1. The largest absolute Gasteiger partial charge is 0.355 e. The van der Waals surface area contributed by atoms with Crippen LogP contribution in [0.5, 0.6) is 0 Å². The molecule has 0 aromatic heterocycles. The number of guanidine groups is 1. The van der Waals surface area contributed by atoms with Gasteiger partial charge >= 0.3 is 0 Å². The summed E-state index contributed by atoms with van der Waals surface area (Å²) < 4.78 is 0. The Morgan fingerprint density at radius 1 is 1.13 bits per heavy atom. The number of hydrogen-bond donors (Lipinski definition) is 2. The summed E-state index contributed by atoms with van der Waals surface area (Å²) in [5, 5.41) is 7.09. The molecule has 2 N–H and O–H groups in total. The lowest BCUT2D eigenvalue weighted by Crippen LogP contribution is -2.53. The van der Waals surface area contributed by atoms with E-state index in [2.05, 4.69) is 62.7 Å². The first-order valence-electron chi connectivity index (χ1n) is 11.3. The Hall–Kier alpha value is -2.12. The Morgan fingerprint density at radius 2 is 1.87 bits per heavy atom. The molecule has 30 heavy (non-hydrogen) atoms. The minimum Gasteiger partial charge on any atom is -0.355 e. The molecule has 2 saturated heterocycles. The Kier molecular flexibility index (Phi) is 8.51. The Labute approximate surface area is 181 Å². The van der Waals surface area contributed by atoms with Gasteiger partial charge in [-0.1, -0.05) is 30.3 Å². The van der Waals surface area contributed by atoms with Crippen LogP contribution >= 0.6 is 0 Å². The van der Waals surface area contributed by atoms with Gasteiger partial charge in [0.2, 0.25) is 5.91 Å². The quantitative estimate of drug-likeness (QED) is 0.544. The van der Waals surface area contributed by atoms with Gasteiger partial charge in [0.1, 0.15) is 0 Å². The summed E-state index contributed by atoms with van der Waals surface area (Å²) in [5.41, 5.74) is 1.39. The number of nitrogens with one attached hydrogen (secondary N) is 2. The molecule has 7 nitrogen and oxygen atoms in total. The summed E-state index contributed by atoms with van der Waals surface area (Å²) in [6.45, 7) is 11.5. The van der Waals surface area contributed by atoms with E-state index in [0.717, 1.165) is 71.2 Å². The van der Waals surface area contributed by atoms with E-state index >= 15 is 0 Å². The van der Waals surface area contributed by atoms with Crippen LogP contribution in [0.15, 0.2) is 35.3 Å². The van der Waals surface area contributed by atoms with Gasteiger partial charge in [0.15, 0.2) is 5.96 Å². The predicted molar refractivity (Wildman–Crippen MR) is 123 cm³/mol. The molecule has 0 bridgehead atoms. The predicted octanol–water partition coefficient (Wildman–Crippen LogP) is 1.37. The molecule has 0 saturated carbocycles. The van der Waals surface area contributed by atoms with E-state index in [0.29, 0.717) is 12.1 Å². The molecule has 7 heteroatoms. The van der Waals surface area contributed by atoms with E-state index in [1.165, 1.54) is 5.56 Å². The Bertz CT molecular complexity index is 686. The lowest BCUT2D eigenvalue weighted by atomic mass is 9.97. The molecule has 0 aliphatic carbocycles. The highest BCUT2D eigenvalue weighted by Crippen LogP contribution is 2.19. The number of carbonyl (C=O) groups is 1. The fourth-order valence-electron chi connectivity index (χ4n) is 4.41. The van der Waals surface area contributed by atoms with Crippen LogP contribution in [0.25, 0.3) is 0 Å². The molecule has 2 heterocycles. The zero-order valence-corrected chi connectivity index (χ0v) is 18.8. The summed E-state index contributed by atoms with van der Waals surface area (Å²) in [5.74, 6) is 1.08. The van der Waals surface area contributed by atoms with Crippen molar-refractivity contribution in [2.45, 2.75) is 45.3 Å². The zero-order chi connectivity index (χ0) is 21.3. The second-order valence-corrected chi connectivity index (χ2v) is 8.52. The van der Waals surface area contributed by atoms with Gasteiger partial charge in [-0.2, -0.15) is 0 Å². The third-order valence-electron chi connectivity index (χ3n) is 6.34. The van der Waals surface area contributed by atoms with Crippen molar-refractivity contribution in [3.63, 3.8) is 0 Å². The number of likely N-dealkylation sites (tertiary alicyclic amines) is 1. The summed E-state index contributed by atoms with van der Waals surface area (Å²) in [7, 11) is 1.84. The molecule has 2 fully saturated rings. The van der Waals surface area contributed by atoms with Crippen LogP contribution in [0.3, 0.4) is 0 Å². The highest BCUT2D eigenvalue weighted by molar-refractivity contribution is 5.80. The van der Waals surface area contributed by atoms with Crippen molar-refractivity contribution >= 4 is 11.9 Å². The van der Waals surface area contributed by atoms with Crippen LogP contribution in [-0.4, -0.2) is 91.5 Å². The Morgan fingerprint density at radius 3 is 2.50 bits per heavy atom. The van der Waals surface area contributed by atoms with Crippen LogP contribution in [0.2, 0.25) is 0 Å². The minimum absolute atomic E-state index is 0.182. The number of piperidine rings is 1. The standard InChI is InChI=1S/C23H38N6O/c1-19-17-22(9-11-29(19)18-21-7-5-4-6-8-21)26-23(24-3)25-10-12-27-13-15-28(16-14-27)20(2)30/h4-8,19,22H,9-18H2,1-3H3,(H2,24,25,26). The first kappa shape index (κ1) is 22.6. The molecule has 1 amide bonds. The monoisotopic (exact) mass is 414 g/mol. The third kappa shape index (κ3) is 6.71. The van der Waals surface area contributed by atoms with E-state index in [9.17, 15) is 4.79 Å². The number of benzene rings is 1. The van der Waals surface area contributed by atoms with Crippen molar-refractivity contribution in [2.24, 2.45) is 4.99 Å². The third-order valence-corrected chi connectivity index (χ3v) is 6.34. The summed E-state index contributed by atoms with van der Waals surface area (Å²) >= 11 is 0. The van der Waals surface area contributed by atoms with Crippen molar-refractivity contribution in [2.75, 3.05) is 52.9 Å². The molecule has 1 aromatic carbocycles. The number of rotatable bonds is 6. The summed E-state index contributed by atoms with van der Waals surface area (Å²) in [4.78, 5) is 22.8. The molecule has 1 aromatic rings. The van der Waals surface area contributed by atoms with Gasteiger partial charge in [-0.3, -0.25) is 19.6 Å². The normalized spacial score (nSPS) is 24.0. The second-order valence-electron chi connectivity index (χ2n) is 8.52. The molecule has 3 rings (SSSR count). The molecule has 166 valence electrons. The molecular weight excluding hydrogens is 376 g/mol. The van der Waals surface area contributed by atoms with E-state index < -0.39 is 0 Å². The van der Waals surface area contributed by atoms with Gasteiger partial charge in [-0.05, 0) is 25.3 Å². The highest BCUT2D eigenvalue weighted by Gasteiger charge is 2.26. The molecule has 2 aliphatic rings. The van der Waals surface area contributed by atoms with Crippen LogP contribution < -0.4 is 10.6 Å². The molecule has 0 spiro atoms. The first-order valence-corrected chi connectivity index (χ1v) is 11.3. The topological polar surface area (TPSA) is 63.2 Å². The number of amides is 1. The van der Waals surface area contributed by atoms with E-state index in [1.54, 1.807) is 6.92 Å². The van der Waals surface area contributed by atoms with Gasteiger partial charge in [0.25, 0.3) is 0 Å². The average molecular weight is 415 g/mol. The van der Waals surface area contributed by atoms with E-state index in [-0.39, 0.29) is 5.91 Å². The van der Waals surface area contributed by atoms with Gasteiger partial charge in [-0.15, -0.1) is 0 Å². The number of hydrogen-bond acceptors (Lipinski definition) is 4. The van der Waals surface area contributed by atoms with Crippen LogP contribution in [0, 0.1) is 0 Å². The number of piperazine rings is 1. The minimum atomic E-state index is 0.182. The second kappa shape index (κ2) is 11.3. The van der Waals surface area contributed by atoms with Gasteiger partial charge < -0.3 is 15.5 Å². The van der Waals surface area contributed by atoms with Crippen molar-refractivity contribution in [1.29, 1.82) is 0 Å². The maximum atomic E-state index is 11.4. The van der Waals surface area contributed by atoms with Gasteiger partial charge in [0.05, 0.1) is 0 Å². The smallest absolute Gasteiger partial charge is 0.219 e. The number of nitrogens with zero attached hydrogens (tertiary/aromatic N) is 4.